The summed E-state index contributed by atoms with van der Waals surface area (Å²) in [6, 6.07) is 16.3. The Morgan fingerprint density at radius 2 is 1.80 bits per heavy atom. The third-order valence-electron chi connectivity index (χ3n) is 5.77. The van der Waals surface area contributed by atoms with E-state index >= 15 is 0 Å². The van der Waals surface area contributed by atoms with Crippen LogP contribution in [0, 0.1) is 15.6 Å². The highest BCUT2D eigenvalue weighted by Crippen LogP contribution is 2.31. The first kappa shape index (κ1) is 27.5. The second kappa shape index (κ2) is 11.6. The van der Waals surface area contributed by atoms with Gasteiger partial charge in [0.05, 0.1) is 37.0 Å². The number of carbonyl (C=O) groups is 1. The smallest absolute Gasteiger partial charge is 0.278 e. The molecule has 2 aromatic heterocycles. The number of ether oxygens (including phenoxy) is 2. The third-order valence-corrected chi connectivity index (χ3v) is 8.06. The Labute approximate surface area is 239 Å². The van der Waals surface area contributed by atoms with Gasteiger partial charge in [-0.3, -0.25) is 18.7 Å². The van der Waals surface area contributed by atoms with E-state index in [2.05, 4.69) is 10.3 Å². The van der Waals surface area contributed by atoms with E-state index in [9.17, 15) is 18.4 Å². The molecule has 204 valence electrons. The van der Waals surface area contributed by atoms with Crippen molar-refractivity contribution in [2.24, 2.45) is 0 Å². The number of aromatic nitrogens is 3. The molecule has 40 heavy (non-hydrogen) atoms. The molecular formula is C27H20F2N4O4S3. The van der Waals surface area contributed by atoms with Gasteiger partial charge >= 0.3 is 0 Å². The number of nitrogens with zero attached hydrogens (tertiary/aromatic N) is 3. The number of benzene rings is 3. The van der Waals surface area contributed by atoms with E-state index in [-0.39, 0.29) is 30.9 Å². The summed E-state index contributed by atoms with van der Waals surface area (Å²) >= 11 is 7.46. The van der Waals surface area contributed by atoms with Crippen LogP contribution in [0.15, 0.2) is 76.7 Å². The van der Waals surface area contributed by atoms with Gasteiger partial charge in [0.15, 0.2) is 14.8 Å². The summed E-state index contributed by atoms with van der Waals surface area (Å²) in [5.41, 5.74) is 0.590. The Kier molecular flexibility index (Phi) is 7.96. The molecular weight excluding hydrogens is 579 g/mol. The van der Waals surface area contributed by atoms with Crippen LogP contribution in [0.25, 0.3) is 21.7 Å². The minimum Gasteiger partial charge on any atom is -0.497 e. The lowest BCUT2D eigenvalue weighted by Gasteiger charge is -2.14. The van der Waals surface area contributed by atoms with Gasteiger partial charge in [-0.15, -0.1) is 0 Å². The average Bonchev–Trinajstić information content (AvgIpc) is 3.29. The third kappa shape index (κ3) is 5.35. The number of thiazole rings is 1. The number of thioether (sulfide) groups is 1. The van der Waals surface area contributed by atoms with Crippen LogP contribution >= 0.6 is 35.3 Å². The molecule has 5 rings (SSSR count). The molecule has 0 fully saturated rings. The van der Waals surface area contributed by atoms with Gasteiger partial charge in [-0.05, 0) is 60.7 Å². The van der Waals surface area contributed by atoms with E-state index in [0.717, 1.165) is 23.1 Å². The highest BCUT2D eigenvalue weighted by Gasteiger charge is 2.21. The number of fused-ring (bicyclic) bond motifs is 1. The van der Waals surface area contributed by atoms with E-state index in [1.165, 1.54) is 59.8 Å². The first-order valence-corrected chi connectivity index (χ1v) is 13.9. The SMILES string of the molecule is COc1ccc(NC(=O)CSc2nc3c(sc(=S)n3-c3ccccc3F)c(=O)n2-c2ccc(F)cc2)c(OC)c1. The Morgan fingerprint density at radius 3 is 2.50 bits per heavy atom. The lowest BCUT2D eigenvalue weighted by molar-refractivity contribution is -0.113. The quantitative estimate of drug-likeness (QED) is 0.133. The van der Waals surface area contributed by atoms with E-state index in [0.29, 0.717) is 22.9 Å². The van der Waals surface area contributed by atoms with Crippen LogP contribution in [-0.4, -0.2) is 40.0 Å². The van der Waals surface area contributed by atoms with Crippen LogP contribution in [0.5, 0.6) is 11.5 Å². The summed E-state index contributed by atoms with van der Waals surface area (Å²) in [4.78, 5) is 31.3. The molecule has 1 amide bonds. The molecule has 0 atom stereocenters. The minimum absolute atomic E-state index is 0.138. The van der Waals surface area contributed by atoms with Gasteiger partial charge < -0.3 is 14.8 Å². The van der Waals surface area contributed by atoms with Gasteiger partial charge in [-0.25, -0.2) is 13.8 Å². The lowest BCUT2D eigenvalue weighted by atomic mass is 10.2. The van der Waals surface area contributed by atoms with Crippen molar-refractivity contribution in [3.8, 4) is 22.9 Å². The second-order valence-corrected chi connectivity index (χ2v) is 10.8. The normalized spacial score (nSPS) is 11.0. The molecule has 13 heteroatoms. The molecule has 1 N–H and O–H groups in total. The van der Waals surface area contributed by atoms with Crippen molar-refractivity contribution in [2.75, 3.05) is 25.3 Å². The Balaban J connectivity index is 1.57. The van der Waals surface area contributed by atoms with Crippen molar-refractivity contribution in [2.45, 2.75) is 5.16 Å². The molecule has 8 nitrogen and oxygen atoms in total. The number of hydrogen-bond donors (Lipinski definition) is 1. The molecule has 0 bridgehead atoms. The maximum atomic E-state index is 14.7. The number of halogens is 2. The molecule has 0 aliphatic heterocycles. The zero-order chi connectivity index (χ0) is 28.4. The number of rotatable bonds is 8. The largest absolute Gasteiger partial charge is 0.497 e. The van der Waals surface area contributed by atoms with Crippen LogP contribution in [0.1, 0.15) is 0 Å². The van der Waals surface area contributed by atoms with Gasteiger partial charge in [0.1, 0.15) is 27.8 Å². The first-order valence-electron chi connectivity index (χ1n) is 11.6. The average molecular weight is 599 g/mol. The van der Waals surface area contributed by atoms with Crippen LogP contribution in [0.3, 0.4) is 0 Å². The van der Waals surface area contributed by atoms with Gasteiger partial charge in [-0.2, -0.15) is 0 Å². The molecule has 2 heterocycles. The molecule has 5 aromatic rings. The summed E-state index contributed by atoms with van der Waals surface area (Å²) < 4.78 is 42.0. The van der Waals surface area contributed by atoms with Crippen LogP contribution < -0.4 is 20.3 Å². The molecule has 0 aliphatic rings. The Morgan fingerprint density at radius 1 is 1.05 bits per heavy atom. The van der Waals surface area contributed by atoms with Gasteiger partial charge in [0, 0.05) is 6.07 Å². The van der Waals surface area contributed by atoms with E-state index in [1.807, 2.05) is 0 Å². The molecule has 0 saturated heterocycles. The lowest BCUT2D eigenvalue weighted by Crippen LogP contribution is -2.23. The predicted octanol–water partition coefficient (Wildman–Crippen LogP) is 5.99. The molecule has 0 aliphatic carbocycles. The Bertz CT molecular complexity index is 1850. The number of carbonyl (C=O) groups excluding carboxylic acids is 1. The van der Waals surface area contributed by atoms with Crippen LogP contribution in [0.4, 0.5) is 14.5 Å². The van der Waals surface area contributed by atoms with E-state index < -0.39 is 23.1 Å². The van der Waals surface area contributed by atoms with Crippen molar-refractivity contribution in [3.05, 3.63) is 92.7 Å². The van der Waals surface area contributed by atoms with Crippen LogP contribution in [-0.2, 0) is 4.79 Å². The summed E-state index contributed by atoms with van der Waals surface area (Å²) in [6.07, 6.45) is 0. The van der Waals surface area contributed by atoms with E-state index in [1.54, 1.807) is 30.3 Å². The zero-order valence-corrected chi connectivity index (χ0v) is 23.5. The number of para-hydroxylation sites is 1. The fraction of sp³-hybridized carbons (Fsp3) is 0.111. The number of anilines is 1. The molecule has 0 unspecified atom stereocenters. The van der Waals surface area contributed by atoms with Crippen LogP contribution in [0.2, 0.25) is 0 Å². The summed E-state index contributed by atoms with van der Waals surface area (Å²) in [5, 5.41) is 2.91. The van der Waals surface area contributed by atoms with Crippen molar-refractivity contribution in [3.63, 3.8) is 0 Å². The number of amides is 1. The molecule has 3 aromatic carbocycles. The number of hydrogen-bond acceptors (Lipinski definition) is 8. The maximum Gasteiger partial charge on any atom is 0.278 e. The topological polar surface area (TPSA) is 87.4 Å². The Hall–Kier alpha value is -4.07. The second-order valence-electron chi connectivity index (χ2n) is 8.22. The minimum atomic E-state index is -0.537. The fourth-order valence-electron chi connectivity index (χ4n) is 3.91. The number of nitrogens with one attached hydrogen (secondary N) is 1. The highest BCUT2D eigenvalue weighted by molar-refractivity contribution is 7.99. The molecule has 0 spiro atoms. The highest BCUT2D eigenvalue weighted by atomic mass is 32.2. The first-order chi connectivity index (χ1) is 19.3. The summed E-state index contributed by atoms with van der Waals surface area (Å²) in [7, 11) is 2.99. The zero-order valence-electron chi connectivity index (χ0n) is 21.0. The van der Waals surface area contributed by atoms with Gasteiger partial charge in [-0.1, -0.05) is 35.2 Å². The van der Waals surface area contributed by atoms with Gasteiger partial charge in [0.2, 0.25) is 5.91 Å². The van der Waals surface area contributed by atoms with Crippen molar-refractivity contribution in [1.29, 1.82) is 0 Å². The standard InChI is InChI=1S/C27H20F2N4O4S3/c1-36-17-11-12-19(21(13-17)37-2)30-22(34)14-39-26-31-24-23(25(35)32(26)16-9-7-15(28)8-10-16)40-27(38)33(24)20-6-4-3-5-18(20)29/h3-13H,14H2,1-2H3,(H,30,34). The van der Waals surface area contributed by atoms with Crippen molar-refractivity contribution >= 4 is 57.3 Å². The summed E-state index contributed by atoms with van der Waals surface area (Å²) in [5.74, 6) is -0.588. The molecule has 0 saturated carbocycles. The fourth-order valence-corrected chi connectivity index (χ4v) is 6.01. The maximum absolute atomic E-state index is 14.7. The number of methoxy groups -OCH3 is 2. The summed E-state index contributed by atoms with van der Waals surface area (Å²) in [6.45, 7) is 0. The monoisotopic (exact) mass is 598 g/mol. The van der Waals surface area contributed by atoms with Crippen molar-refractivity contribution in [1.82, 2.24) is 14.1 Å². The molecule has 0 radical (unpaired) electrons. The van der Waals surface area contributed by atoms with Gasteiger partial charge in [0.25, 0.3) is 5.56 Å². The van der Waals surface area contributed by atoms with E-state index in [4.69, 9.17) is 21.7 Å². The van der Waals surface area contributed by atoms with Crippen molar-refractivity contribution < 1.29 is 23.0 Å². The predicted molar refractivity (Wildman–Crippen MR) is 154 cm³/mol.